The molecule has 0 aliphatic rings. The van der Waals surface area contributed by atoms with E-state index in [1.807, 2.05) is 25.1 Å². The van der Waals surface area contributed by atoms with Gasteiger partial charge in [0.05, 0.1) is 17.1 Å². The zero-order valence-electron chi connectivity index (χ0n) is 12.7. The Morgan fingerprint density at radius 1 is 1.20 bits per heavy atom. The Morgan fingerprint density at radius 3 is 2.50 bits per heavy atom. The molecule has 1 atom stereocenters. The van der Waals surface area contributed by atoms with Gasteiger partial charge in [-0.1, -0.05) is 32.9 Å². The van der Waals surface area contributed by atoms with E-state index in [9.17, 15) is 5.11 Å². The monoisotopic (exact) mass is 275 g/mol. The molecule has 0 radical (unpaired) electrons. The van der Waals surface area contributed by atoms with Crippen LogP contribution in [0.5, 0.6) is 0 Å². The number of nitrogens with zero attached hydrogens (tertiary/aromatic N) is 2. The first kappa shape index (κ1) is 14.9. The minimum atomic E-state index is -0.444. The molecule has 110 valence electrons. The van der Waals surface area contributed by atoms with Crippen molar-refractivity contribution in [1.29, 1.82) is 0 Å². The van der Waals surface area contributed by atoms with E-state index in [-0.39, 0.29) is 0 Å². The largest absolute Gasteiger partial charge is 0.388 e. The first-order valence-corrected chi connectivity index (χ1v) is 7.62. The second-order valence-corrected chi connectivity index (χ2v) is 5.21. The third kappa shape index (κ3) is 2.96. The van der Waals surface area contributed by atoms with Crippen molar-refractivity contribution in [3.8, 4) is 0 Å². The average Bonchev–Trinajstić information content (AvgIpc) is 2.89. The van der Waals surface area contributed by atoms with Crippen molar-refractivity contribution in [3.05, 3.63) is 23.8 Å². The highest BCUT2D eigenvalue weighted by molar-refractivity contribution is 5.81. The Morgan fingerprint density at radius 2 is 1.90 bits per heavy atom. The fourth-order valence-corrected chi connectivity index (χ4v) is 2.54. The summed E-state index contributed by atoms with van der Waals surface area (Å²) >= 11 is 0. The zero-order chi connectivity index (χ0) is 14.5. The van der Waals surface area contributed by atoms with Crippen LogP contribution in [0.4, 0.5) is 5.95 Å². The molecule has 1 aromatic heterocycles. The van der Waals surface area contributed by atoms with Gasteiger partial charge in [-0.05, 0) is 25.3 Å². The maximum Gasteiger partial charge on any atom is 0.203 e. The van der Waals surface area contributed by atoms with Gasteiger partial charge in [0.15, 0.2) is 0 Å². The van der Waals surface area contributed by atoms with E-state index in [1.54, 1.807) is 0 Å². The number of aromatic amines is 1. The molecule has 0 spiro atoms. The van der Waals surface area contributed by atoms with Crippen LogP contribution in [0.25, 0.3) is 11.0 Å². The van der Waals surface area contributed by atoms with E-state index in [1.165, 1.54) is 0 Å². The maximum atomic E-state index is 10.1. The molecule has 1 heterocycles. The van der Waals surface area contributed by atoms with Crippen LogP contribution in [0.15, 0.2) is 18.2 Å². The number of benzene rings is 1. The van der Waals surface area contributed by atoms with Gasteiger partial charge in [0, 0.05) is 18.7 Å². The van der Waals surface area contributed by atoms with Gasteiger partial charge in [-0.15, -0.1) is 0 Å². The number of para-hydroxylation sites is 1. The summed E-state index contributed by atoms with van der Waals surface area (Å²) < 4.78 is 0. The number of anilines is 1. The van der Waals surface area contributed by atoms with Crippen LogP contribution in [-0.2, 0) is 0 Å². The number of aliphatic hydroxyl groups is 1. The molecule has 0 amide bonds. The third-order valence-electron chi connectivity index (χ3n) is 3.56. The molecular formula is C16H25N3O. The van der Waals surface area contributed by atoms with E-state index in [4.69, 9.17) is 4.98 Å². The predicted octanol–water partition coefficient (Wildman–Crippen LogP) is 3.63. The minimum Gasteiger partial charge on any atom is -0.388 e. The van der Waals surface area contributed by atoms with Crippen molar-refractivity contribution >= 4 is 17.0 Å². The highest BCUT2D eigenvalue weighted by Gasteiger charge is 2.15. The molecule has 2 N–H and O–H groups in total. The summed E-state index contributed by atoms with van der Waals surface area (Å²) in [4.78, 5) is 10.4. The summed E-state index contributed by atoms with van der Waals surface area (Å²) in [5, 5.41) is 10.1. The molecule has 0 fully saturated rings. The number of nitrogens with one attached hydrogen (secondary N) is 1. The smallest absolute Gasteiger partial charge is 0.203 e. The highest BCUT2D eigenvalue weighted by atomic mass is 16.3. The summed E-state index contributed by atoms with van der Waals surface area (Å²) in [6.07, 6.45) is 2.46. The lowest BCUT2D eigenvalue weighted by Gasteiger charge is -2.20. The molecule has 2 aromatic rings. The van der Waals surface area contributed by atoms with Gasteiger partial charge in [-0.3, -0.25) is 0 Å². The molecule has 1 aromatic carbocycles. The van der Waals surface area contributed by atoms with Crippen molar-refractivity contribution in [2.75, 3.05) is 18.0 Å². The summed E-state index contributed by atoms with van der Waals surface area (Å²) in [5.41, 5.74) is 2.82. The number of rotatable bonds is 7. The number of hydrogen-bond acceptors (Lipinski definition) is 3. The van der Waals surface area contributed by atoms with Gasteiger partial charge < -0.3 is 15.0 Å². The standard InChI is InChI=1S/C16H25N3O/c1-4-10-19(11-5-2)16-17-13-9-7-8-12(14(20)6-3)15(13)18-16/h7-9,14,20H,4-6,10-11H2,1-3H3,(H,17,18). The van der Waals surface area contributed by atoms with Crippen molar-refractivity contribution in [2.24, 2.45) is 0 Å². The number of hydrogen-bond donors (Lipinski definition) is 2. The summed E-state index contributed by atoms with van der Waals surface area (Å²) in [6, 6.07) is 5.96. The Kier molecular flexibility index (Phi) is 5.01. The Hall–Kier alpha value is -1.55. The quantitative estimate of drug-likeness (QED) is 0.811. The number of fused-ring (bicyclic) bond motifs is 1. The van der Waals surface area contributed by atoms with Gasteiger partial charge in [0.2, 0.25) is 5.95 Å². The Labute approximate surface area is 120 Å². The SMILES string of the molecule is CCCN(CCC)c1nc2c(C(O)CC)cccc2[nH]1. The molecule has 4 nitrogen and oxygen atoms in total. The Balaban J connectivity index is 2.41. The molecular weight excluding hydrogens is 250 g/mol. The molecule has 0 aliphatic carbocycles. The molecule has 0 bridgehead atoms. The van der Waals surface area contributed by atoms with Gasteiger partial charge in [0.25, 0.3) is 0 Å². The van der Waals surface area contributed by atoms with Crippen molar-refractivity contribution in [3.63, 3.8) is 0 Å². The Bertz CT molecular complexity index is 544. The molecule has 2 rings (SSSR count). The summed E-state index contributed by atoms with van der Waals surface area (Å²) in [6.45, 7) is 8.34. The lowest BCUT2D eigenvalue weighted by Crippen LogP contribution is -2.25. The van der Waals surface area contributed by atoms with Crippen LogP contribution in [-0.4, -0.2) is 28.2 Å². The van der Waals surface area contributed by atoms with Crippen LogP contribution in [0.2, 0.25) is 0 Å². The van der Waals surface area contributed by atoms with Crippen LogP contribution in [0, 0.1) is 0 Å². The first-order chi connectivity index (χ1) is 9.71. The van der Waals surface area contributed by atoms with Crippen LogP contribution >= 0.6 is 0 Å². The van der Waals surface area contributed by atoms with Crippen LogP contribution in [0.1, 0.15) is 51.7 Å². The van der Waals surface area contributed by atoms with E-state index in [0.717, 1.165) is 48.5 Å². The van der Waals surface area contributed by atoms with Crippen LogP contribution in [0.3, 0.4) is 0 Å². The van der Waals surface area contributed by atoms with E-state index in [0.29, 0.717) is 6.42 Å². The fourth-order valence-electron chi connectivity index (χ4n) is 2.54. The topological polar surface area (TPSA) is 52.1 Å². The molecule has 1 unspecified atom stereocenters. The maximum absolute atomic E-state index is 10.1. The van der Waals surface area contributed by atoms with Gasteiger partial charge in [-0.25, -0.2) is 4.98 Å². The molecule has 0 aliphatic heterocycles. The minimum absolute atomic E-state index is 0.444. The molecule has 0 saturated heterocycles. The summed E-state index contributed by atoms with van der Waals surface area (Å²) in [7, 11) is 0. The van der Waals surface area contributed by atoms with E-state index in [2.05, 4.69) is 23.7 Å². The van der Waals surface area contributed by atoms with Gasteiger partial charge in [-0.2, -0.15) is 0 Å². The van der Waals surface area contributed by atoms with Crippen molar-refractivity contribution < 1.29 is 5.11 Å². The second kappa shape index (κ2) is 6.75. The highest BCUT2D eigenvalue weighted by Crippen LogP contribution is 2.26. The number of imidazole rings is 1. The number of aliphatic hydroxyl groups excluding tert-OH is 1. The van der Waals surface area contributed by atoms with Gasteiger partial charge in [0.1, 0.15) is 0 Å². The van der Waals surface area contributed by atoms with Crippen LogP contribution < -0.4 is 4.90 Å². The number of aromatic nitrogens is 2. The average molecular weight is 275 g/mol. The lowest BCUT2D eigenvalue weighted by atomic mass is 10.1. The lowest BCUT2D eigenvalue weighted by molar-refractivity contribution is 0.175. The number of H-pyrrole nitrogens is 1. The molecule has 4 heteroatoms. The first-order valence-electron chi connectivity index (χ1n) is 7.62. The van der Waals surface area contributed by atoms with Gasteiger partial charge >= 0.3 is 0 Å². The van der Waals surface area contributed by atoms with Crippen molar-refractivity contribution in [2.45, 2.75) is 46.1 Å². The summed E-state index contributed by atoms with van der Waals surface area (Å²) in [5.74, 6) is 0.916. The normalized spacial score (nSPS) is 12.8. The van der Waals surface area contributed by atoms with E-state index >= 15 is 0 Å². The predicted molar refractivity (Wildman–Crippen MR) is 84.1 cm³/mol. The second-order valence-electron chi connectivity index (χ2n) is 5.21. The third-order valence-corrected chi connectivity index (χ3v) is 3.56. The van der Waals surface area contributed by atoms with E-state index < -0.39 is 6.10 Å². The fraction of sp³-hybridized carbons (Fsp3) is 0.562. The molecule has 20 heavy (non-hydrogen) atoms. The van der Waals surface area contributed by atoms with Crippen molar-refractivity contribution in [1.82, 2.24) is 9.97 Å². The molecule has 0 saturated carbocycles. The zero-order valence-corrected chi connectivity index (χ0v) is 12.7.